The third kappa shape index (κ3) is 1.82. The molecule has 0 saturated carbocycles. The van der Waals surface area contributed by atoms with Crippen LogP contribution in [0.2, 0.25) is 0 Å². The molecule has 0 atom stereocenters. The monoisotopic (exact) mass is 239 g/mol. The van der Waals surface area contributed by atoms with Crippen molar-refractivity contribution in [3.63, 3.8) is 0 Å². The van der Waals surface area contributed by atoms with Gasteiger partial charge in [0.1, 0.15) is 0 Å². The van der Waals surface area contributed by atoms with Gasteiger partial charge in [-0.25, -0.2) is 5.01 Å². The van der Waals surface area contributed by atoms with Crippen LogP contribution in [0.3, 0.4) is 0 Å². The summed E-state index contributed by atoms with van der Waals surface area (Å²) in [6.45, 7) is 1.87. The SMILES string of the molecule is CC1=NN(c2ccc(-n3cccc3)cc2)C(=O)C1. The van der Waals surface area contributed by atoms with Crippen molar-refractivity contribution < 1.29 is 4.79 Å². The summed E-state index contributed by atoms with van der Waals surface area (Å²) in [6, 6.07) is 11.7. The molecule has 0 unspecified atom stereocenters. The summed E-state index contributed by atoms with van der Waals surface area (Å²) in [4.78, 5) is 11.7. The lowest BCUT2D eigenvalue weighted by atomic mass is 10.2. The first-order valence-electron chi connectivity index (χ1n) is 5.84. The van der Waals surface area contributed by atoms with Crippen LogP contribution in [0.5, 0.6) is 0 Å². The average molecular weight is 239 g/mol. The maximum Gasteiger partial charge on any atom is 0.253 e. The number of rotatable bonds is 2. The molecule has 0 bridgehead atoms. The predicted octanol–water partition coefficient (Wildman–Crippen LogP) is 2.59. The topological polar surface area (TPSA) is 37.6 Å². The molecule has 2 aromatic rings. The first-order valence-corrected chi connectivity index (χ1v) is 5.84. The van der Waals surface area contributed by atoms with E-state index in [1.54, 1.807) is 0 Å². The van der Waals surface area contributed by atoms with Crippen LogP contribution in [0.25, 0.3) is 5.69 Å². The van der Waals surface area contributed by atoms with Gasteiger partial charge in [-0.3, -0.25) is 4.79 Å². The Labute approximate surface area is 105 Å². The highest BCUT2D eigenvalue weighted by atomic mass is 16.2. The van der Waals surface area contributed by atoms with Gasteiger partial charge in [0.25, 0.3) is 5.91 Å². The molecule has 2 heterocycles. The Morgan fingerprint density at radius 2 is 1.67 bits per heavy atom. The standard InChI is InChI=1S/C14H13N3O/c1-11-10-14(18)17(15-11)13-6-4-12(5-7-13)16-8-2-3-9-16/h2-9H,10H2,1H3. The summed E-state index contributed by atoms with van der Waals surface area (Å²) in [5.74, 6) is 0.0289. The van der Waals surface area contributed by atoms with Gasteiger partial charge < -0.3 is 4.57 Å². The van der Waals surface area contributed by atoms with Gasteiger partial charge in [-0.05, 0) is 43.3 Å². The van der Waals surface area contributed by atoms with E-state index >= 15 is 0 Å². The first-order chi connectivity index (χ1) is 8.74. The number of hydrogen-bond donors (Lipinski definition) is 0. The van der Waals surface area contributed by atoms with Crippen molar-refractivity contribution in [1.82, 2.24) is 4.57 Å². The maximum atomic E-state index is 11.7. The second kappa shape index (κ2) is 4.14. The maximum absolute atomic E-state index is 11.7. The molecule has 90 valence electrons. The highest BCUT2D eigenvalue weighted by Gasteiger charge is 2.22. The van der Waals surface area contributed by atoms with Crippen molar-refractivity contribution in [2.75, 3.05) is 5.01 Å². The highest BCUT2D eigenvalue weighted by Crippen LogP contribution is 2.22. The van der Waals surface area contributed by atoms with Crippen molar-refractivity contribution >= 4 is 17.3 Å². The quantitative estimate of drug-likeness (QED) is 0.793. The second-order valence-electron chi connectivity index (χ2n) is 4.32. The zero-order chi connectivity index (χ0) is 12.5. The van der Waals surface area contributed by atoms with E-state index < -0.39 is 0 Å². The van der Waals surface area contributed by atoms with Crippen molar-refractivity contribution in [2.45, 2.75) is 13.3 Å². The van der Waals surface area contributed by atoms with Crippen LogP contribution in [0.15, 0.2) is 53.9 Å². The minimum Gasteiger partial charge on any atom is -0.324 e. The molecule has 0 aliphatic carbocycles. The van der Waals surface area contributed by atoms with E-state index in [4.69, 9.17) is 0 Å². The van der Waals surface area contributed by atoms with Crippen molar-refractivity contribution in [1.29, 1.82) is 0 Å². The van der Waals surface area contributed by atoms with Gasteiger partial charge in [-0.15, -0.1) is 0 Å². The smallest absolute Gasteiger partial charge is 0.253 e. The summed E-state index contributed by atoms with van der Waals surface area (Å²) in [5.41, 5.74) is 2.73. The second-order valence-corrected chi connectivity index (χ2v) is 4.32. The van der Waals surface area contributed by atoms with Gasteiger partial charge in [0.15, 0.2) is 0 Å². The minimum absolute atomic E-state index is 0.0289. The Morgan fingerprint density at radius 3 is 2.22 bits per heavy atom. The van der Waals surface area contributed by atoms with Gasteiger partial charge in [-0.1, -0.05) is 0 Å². The lowest BCUT2D eigenvalue weighted by molar-refractivity contribution is -0.116. The first kappa shape index (κ1) is 10.8. The molecule has 1 aliphatic rings. The van der Waals surface area contributed by atoms with Gasteiger partial charge >= 0.3 is 0 Å². The number of benzene rings is 1. The Bertz CT molecular complexity index is 596. The summed E-state index contributed by atoms with van der Waals surface area (Å²) in [6.07, 6.45) is 4.38. The van der Waals surface area contributed by atoms with Gasteiger partial charge in [-0.2, -0.15) is 5.10 Å². The molecule has 3 rings (SSSR count). The zero-order valence-electron chi connectivity index (χ0n) is 10.1. The molecule has 0 saturated heterocycles. The number of aromatic nitrogens is 1. The van der Waals surface area contributed by atoms with E-state index in [0.29, 0.717) is 6.42 Å². The van der Waals surface area contributed by atoms with E-state index in [1.807, 2.05) is 60.3 Å². The van der Waals surface area contributed by atoms with Crippen LogP contribution < -0.4 is 5.01 Å². The van der Waals surface area contributed by atoms with Crippen molar-refractivity contribution in [3.8, 4) is 5.69 Å². The fourth-order valence-corrected chi connectivity index (χ4v) is 2.03. The van der Waals surface area contributed by atoms with E-state index in [1.165, 1.54) is 5.01 Å². The lowest BCUT2D eigenvalue weighted by Crippen LogP contribution is -2.19. The van der Waals surface area contributed by atoms with Crippen LogP contribution in [-0.4, -0.2) is 16.2 Å². The Hall–Kier alpha value is -2.36. The largest absolute Gasteiger partial charge is 0.324 e. The number of amides is 1. The highest BCUT2D eigenvalue weighted by molar-refractivity contribution is 6.12. The van der Waals surface area contributed by atoms with E-state index in [0.717, 1.165) is 17.1 Å². The normalized spacial score (nSPS) is 15.1. The molecule has 0 fully saturated rings. The number of nitrogens with zero attached hydrogens (tertiary/aromatic N) is 3. The fourth-order valence-electron chi connectivity index (χ4n) is 2.03. The number of hydrazone groups is 1. The molecule has 0 radical (unpaired) electrons. The van der Waals surface area contributed by atoms with Gasteiger partial charge in [0.05, 0.1) is 12.1 Å². The zero-order valence-corrected chi connectivity index (χ0v) is 10.1. The van der Waals surface area contributed by atoms with Gasteiger partial charge in [0.2, 0.25) is 0 Å². The molecule has 1 aromatic carbocycles. The van der Waals surface area contributed by atoms with Crippen molar-refractivity contribution in [2.24, 2.45) is 5.10 Å². The third-order valence-corrected chi connectivity index (χ3v) is 2.91. The molecule has 18 heavy (non-hydrogen) atoms. The molecule has 4 nitrogen and oxygen atoms in total. The lowest BCUT2D eigenvalue weighted by Gasteiger charge is -2.12. The van der Waals surface area contributed by atoms with E-state index in [9.17, 15) is 4.79 Å². The van der Waals surface area contributed by atoms with Crippen LogP contribution >= 0.6 is 0 Å². The number of carbonyl (C=O) groups excluding carboxylic acids is 1. The summed E-state index contributed by atoms with van der Waals surface area (Å²) in [5, 5.41) is 5.69. The van der Waals surface area contributed by atoms with Crippen LogP contribution in [0, 0.1) is 0 Å². The summed E-state index contributed by atoms with van der Waals surface area (Å²) < 4.78 is 2.02. The molecule has 0 spiro atoms. The molecule has 1 amide bonds. The fraction of sp³-hybridized carbons (Fsp3) is 0.143. The number of hydrogen-bond acceptors (Lipinski definition) is 2. The number of anilines is 1. The molecular weight excluding hydrogens is 226 g/mol. The Balaban J connectivity index is 1.90. The van der Waals surface area contributed by atoms with Crippen LogP contribution in [0.1, 0.15) is 13.3 Å². The van der Waals surface area contributed by atoms with Crippen LogP contribution in [-0.2, 0) is 4.79 Å². The Kier molecular flexibility index (Phi) is 2.48. The molecule has 1 aromatic heterocycles. The number of carbonyl (C=O) groups is 1. The summed E-state index contributed by atoms with van der Waals surface area (Å²) in [7, 11) is 0. The van der Waals surface area contributed by atoms with Crippen molar-refractivity contribution in [3.05, 3.63) is 48.8 Å². The molecular formula is C14H13N3O. The minimum atomic E-state index is 0.0289. The van der Waals surface area contributed by atoms with E-state index in [-0.39, 0.29) is 5.91 Å². The average Bonchev–Trinajstić information content (AvgIpc) is 2.99. The predicted molar refractivity (Wildman–Crippen MR) is 71.0 cm³/mol. The van der Waals surface area contributed by atoms with Crippen LogP contribution in [0.4, 0.5) is 5.69 Å². The van der Waals surface area contributed by atoms with Gasteiger partial charge in [0, 0.05) is 23.8 Å². The summed E-state index contributed by atoms with van der Waals surface area (Å²) >= 11 is 0. The van der Waals surface area contributed by atoms with E-state index in [2.05, 4.69) is 5.10 Å². The molecule has 4 heteroatoms. The molecule has 0 N–H and O–H groups in total. The molecule has 1 aliphatic heterocycles. The Morgan fingerprint density at radius 1 is 1.06 bits per heavy atom. The third-order valence-electron chi connectivity index (χ3n) is 2.91.